The van der Waals surface area contributed by atoms with Crippen molar-refractivity contribution in [1.82, 2.24) is 20.0 Å². The van der Waals surface area contributed by atoms with Crippen molar-refractivity contribution in [2.75, 3.05) is 44.8 Å². The van der Waals surface area contributed by atoms with Crippen LogP contribution in [0.25, 0.3) is 0 Å². The van der Waals surface area contributed by atoms with E-state index in [-0.39, 0.29) is 23.1 Å². The average Bonchev–Trinajstić information content (AvgIpc) is 3.30. The molecule has 0 radical (unpaired) electrons. The van der Waals surface area contributed by atoms with Crippen molar-refractivity contribution in [2.45, 2.75) is 61.7 Å². The van der Waals surface area contributed by atoms with E-state index in [1.165, 1.54) is 24.7 Å². The quantitative estimate of drug-likeness (QED) is 0.405. The molecule has 11 heteroatoms. The molecule has 36 heavy (non-hydrogen) atoms. The number of hydrogen-bond acceptors (Lipinski definition) is 9. The topological polar surface area (TPSA) is 126 Å². The van der Waals surface area contributed by atoms with Crippen molar-refractivity contribution < 1.29 is 23.0 Å². The molecule has 4 rings (SSSR count). The summed E-state index contributed by atoms with van der Waals surface area (Å²) in [5, 5.41) is 13.8. The number of ether oxygens (including phenoxy) is 2. The Balaban J connectivity index is 1.19. The highest BCUT2D eigenvalue weighted by Crippen LogP contribution is 2.36. The molecule has 1 spiro atoms. The molecule has 2 aliphatic heterocycles. The van der Waals surface area contributed by atoms with Gasteiger partial charge in [0, 0.05) is 44.1 Å². The maximum atomic E-state index is 11.9. The van der Waals surface area contributed by atoms with Crippen LogP contribution in [0.1, 0.15) is 38.2 Å². The zero-order chi connectivity index (χ0) is 25.6. The van der Waals surface area contributed by atoms with Crippen LogP contribution in [0.5, 0.6) is 5.75 Å². The Morgan fingerprint density at radius 2 is 2.03 bits per heavy atom. The van der Waals surface area contributed by atoms with Gasteiger partial charge >= 0.3 is 0 Å². The van der Waals surface area contributed by atoms with Gasteiger partial charge in [-0.2, -0.15) is 0 Å². The molecule has 0 aliphatic carbocycles. The highest BCUT2D eigenvalue weighted by Gasteiger charge is 2.43. The van der Waals surface area contributed by atoms with Crippen LogP contribution in [0, 0.1) is 0 Å². The van der Waals surface area contributed by atoms with Gasteiger partial charge in [-0.1, -0.05) is 19.4 Å². The first kappa shape index (κ1) is 26.7. The van der Waals surface area contributed by atoms with Crippen LogP contribution in [0.15, 0.2) is 41.6 Å². The number of nitrogens with zero attached hydrogens (tertiary/aromatic N) is 3. The third kappa shape index (κ3) is 6.71. The first-order valence-corrected chi connectivity index (χ1v) is 14.1. The molecule has 198 valence electrons. The molecule has 2 aromatic rings. The molecular weight excluding hydrogens is 482 g/mol. The van der Waals surface area contributed by atoms with E-state index in [4.69, 9.17) is 9.47 Å². The van der Waals surface area contributed by atoms with Crippen molar-refractivity contribution in [3.8, 4) is 5.75 Å². The molecule has 1 aromatic heterocycles. The van der Waals surface area contributed by atoms with Gasteiger partial charge < -0.3 is 24.8 Å². The van der Waals surface area contributed by atoms with E-state index < -0.39 is 16.1 Å². The van der Waals surface area contributed by atoms with Gasteiger partial charge in [-0.15, -0.1) is 0 Å². The lowest BCUT2D eigenvalue weighted by molar-refractivity contribution is -0.0152. The molecule has 3 N–H and O–H groups in total. The van der Waals surface area contributed by atoms with E-state index >= 15 is 0 Å². The number of benzene rings is 1. The van der Waals surface area contributed by atoms with Crippen molar-refractivity contribution in [3.05, 3.63) is 42.2 Å². The van der Waals surface area contributed by atoms with Crippen molar-refractivity contribution in [3.63, 3.8) is 0 Å². The van der Waals surface area contributed by atoms with Crippen molar-refractivity contribution in [2.24, 2.45) is 0 Å². The Labute approximate surface area is 213 Å². The summed E-state index contributed by atoms with van der Waals surface area (Å²) < 4.78 is 38.0. The van der Waals surface area contributed by atoms with Crippen LogP contribution in [-0.4, -0.2) is 81.1 Å². The van der Waals surface area contributed by atoms with Crippen LogP contribution in [0.2, 0.25) is 0 Å². The maximum Gasteiger partial charge on any atom is 0.240 e. The van der Waals surface area contributed by atoms with Gasteiger partial charge in [0.2, 0.25) is 16.0 Å². The van der Waals surface area contributed by atoms with Crippen LogP contribution in [0.4, 0.5) is 5.95 Å². The van der Waals surface area contributed by atoms with E-state index in [9.17, 15) is 13.5 Å². The van der Waals surface area contributed by atoms with Gasteiger partial charge in [0.1, 0.15) is 18.5 Å². The largest absolute Gasteiger partial charge is 0.491 e. The molecule has 10 nitrogen and oxygen atoms in total. The van der Waals surface area contributed by atoms with E-state index in [0.29, 0.717) is 18.9 Å². The second-order valence-electron chi connectivity index (χ2n) is 9.58. The van der Waals surface area contributed by atoms with Gasteiger partial charge in [0.05, 0.1) is 17.1 Å². The minimum absolute atomic E-state index is 0.0563. The minimum Gasteiger partial charge on any atom is -0.491 e. The number of aliphatic hydroxyl groups excluding tert-OH is 1. The van der Waals surface area contributed by atoms with Gasteiger partial charge in [0.25, 0.3) is 0 Å². The normalized spacial score (nSPS) is 20.5. The molecule has 3 heterocycles. The highest BCUT2D eigenvalue weighted by molar-refractivity contribution is 7.89. The number of aromatic nitrogens is 2. The van der Waals surface area contributed by atoms with Crippen LogP contribution in [-0.2, 0) is 21.2 Å². The van der Waals surface area contributed by atoms with Crippen LogP contribution < -0.4 is 19.7 Å². The summed E-state index contributed by atoms with van der Waals surface area (Å²) in [6.45, 7) is 4.90. The lowest BCUT2D eigenvalue weighted by Crippen LogP contribution is -2.45. The summed E-state index contributed by atoms with van der Waals surface area (Å²) in [7, 11) is -2.19. The van der Waals surface area contributed by atoms with Crippen molar-refractivity contribution >= 4 is 16.0 Å². The SMILES string of the molecule is CCCc1cnc(N2CCC3(CC2)C[C@@H](NCC(O)COc2cccc(S(=O)(=O)NC)c2)CO3)nc1. The predicted octanol–water partition coefficient (Wildman–Crippen LogP) is 1.49. The Morgan fingerprint density at radius 1 is 1.28 bits per heavy atom. The molecule has 2 aliphatic rings. The summed E-state index contributed by atoms with van der Waals surface area (Å²) in [6.07, 6.45) is 7.95. The number of anilines is 1. The second-order valence-corrected chi connectivity index (χ2v) is 11.5. The smallest absolute Gasteiger partial charge is 0.240 e. The Hall–Kier alpha value is -2.31. The fourth-order valence-electron chi connectivity index (χ4n) is 4.77. The monoisotopic (exact) mass is 519 g/mol. The summed E-state index contributed by atoms with van der Waals surface area (Å²) in [6, 6.07) is 6.38. The minimum atomic E-state index is -3.55. The van der Waals surface area contributed by atoms with E-state index in [1.54, 1.807) is 12.1 Å². The number of aliphatic hydroxyl groups is 1. The third-order valence-electron chi connectivity index (χ3n) is 6.87. The predicted molar refractivity (Wildman–Crippen MR) is 137 cm³/mol. The summed E-state index contributed by atoms with van der Waals surface area (Å²) in [5.41, 5.74) is 1.03. The summed E-state index contributed by atoms with van der Waals surface area (Å²) >= 11 is 0. The zero-order valence-electron chi connectivity index (χ0n) is 21.0. The Bertz CT molecular complexity index is 1090. The van der Waals surface area contributed by atoms with Crippen LogP contribution >= 0.6 is 0 Å². The molecule has 0 amide bonds. The van der Waals surface area contributed by atoms with Crippen molar-refractivity contribution in [1.29, 1.82) is 0 Å². The summed E-state index contributed by atoms with van der Waals surface area (Å²) in [5.74, 6) is 1.18. The molecule has 2 atom stereocenters. The zero-order valence-corrected chi connectivity index (χ0v) is 21.8. The van der Waals surface area contributed by atoms with Gasteiger partial charge in [-0.05, 0) is 50.4 Å². The number of hydrogen-bond donors (Lipinski definition) is 3. The molecule has 2 fully saturated rings. The molecule has 1 unspecified atom stereocenters. The third-order valence-corrected chi connectivity index (χ3v) is 8.28. The molecule has 0 bridgehead atoms. The molecule has 1 aromatic carbocycles. The fourth-order valence-corrected chi connectivity index (χ4v) is 5.53. The van der Waals surface area contributed by atoms with Gasteiger partial charge in [-0.25, -0.2) is 23.1 Å². The van der Waals surface area contributed by atoms with E-state index in [2.05, 4.69) is 31.8 Å². The lowest BCUT2D eigenvalue weighted by Gasteiger charge is -2.38. The number of aryl methyl sites for hydroxylation is 1. The number of nitrogens with one attached hydrogen (secondary N) is 2. The highest BCUT2D eigenvalue weighted by atomic mass is 32.2. The van der Waals surface area contributed by atoms with Crippen LogP contribution in [0.3, 0.4) is 0 Å². The number of sulfonamides is 1. The number of rotatable bonds is 11. The number of piperidine rings is 1. The summed E-state index contributed by atoms with van der Waals surface area (Å²) in [4.78, 5) is 11.4. The average molecular weight is 520 g/mol. The standard InChI is InChI=1S/C25H37N5O5S/c1-3-5-19-14-28-24(29-15-19)30-10-8-25(9-11-30)13-20(17-35-25)27-16-21(31)18-34-22-6-4-7-23(12-22)36(32,33)26-2/h4,6-7,12,14-15,20-21,26-27,31H,3,5,8-11,13,16-18H2,1-2H3/t20-,21?/m1/s1. The van der Waals surface area contributed by atoms with Gasteiger partial charge in [0.15, 0.2) is 0 Å². The molecule has 2 saturated heterocycles. The Kier molecular flexibility index (Phi) is 8.78. The maximum absolute atomic E-state index is 11.9. The Morgan fingerprint density at radius 3 is 2.72 bits per heavy atom. The second kappa shape index (κ2) is 11.8. The fraction of sp³-hybridized carbons (Fsp3) is 0.600. The van der Waals surface area contributed by atoms with E-state index in [0.717, 1.165) is 51.1 Å². The molecule has 0 saturated carbocycles. The first-order chi connectivity index (χ1) is 17.3. The first-order valence-electron chi connectivity index (χ1n) is 12.6. The van der Waals surface area contributed by atoms with E-state index in [1.807, 2.05) is 12.4 Å². The molecular formula is C25H37N5O5S. The lowest BCUT2D eigenvalue weighted by atomic mass is 9.87. The van der Waals surface area contributed by atoms with Gasteiger partial charge in [-0.3, -0.25) is 0 Å².